The van der Waals surface area contributed by atoms with E-state index < -0.39 is 6.10 Å². The van der Waals surface area contributed by atoms with Gasteiger partial charge in [-0.2, -0.15) is 0 Å². The Morgan fingerprint density at radius 2 is 2.08 bits per heavy atom. The zero-order valence-electron chi connectivity index (χ0n) is 15.7. The molecule has 1 aromatic rings. The van der Waals surface area contributed by atoms with Crippen molar-refractivity contribution in [2.45, 2.75) is 58.9 Å². The fourth-order valence-corrected chi connectivity index (χ4v) is 4.16. The van der Waals surface area contributed by atoms with Crippen LogP contribution >= 0.6 is 0 Å². The Morgan fingerprint density at radius 1 is 1.36 bits per heavy atom. The predicted molar refractivity (Wildman–Crippen MR) is 100 cm³/mol. The van der Waals surface area contributed by atoms with E-state index in [4.69, 9.17) is 9.73 Å². The molecule has 0 radical (unpaired) electrons. The Morgan fingerprint density at radius 3 is 2.72 bits per heavy atom. The van der Waals surface area contributed by atoms with Gasteiger partial charge in [-0.05, 0) is 31.4 Å². The molecule has 1 saturated heterocycles. The first kappa shape index (κ1) is 18.2. The normalized spacial score (nSPS) is 28.8. The molecular weight excluding hydrogens is 314 g/mol. The van der Waals surface area contributed by atoms with Crippen molar-refractivity contribution in [1.29, 1.82) is 0 Å². The predicted octanol–water partition coefficient (Wildman–Crippen LogP) is 2.61. The number of aliphatic imine (C=N–C) groups is 1. The van der Waals surface area contributed by atoms with E-state index in [1.54, 1.807) is 6.92 Å². The molecule has 138 valence electrons. The van der Waals surface area contributed by atoms with Crippen LogP contribution in [0.4, 0.5) is 0 Å². The summed E-state index contributed by atoms with van der Waals surface area (Å²) in [5.74, 6) is 1.45. The van der Waals surface area contributed by atoms with Crippen molar-refractivity contribution in [1.82, 2.24) is 10.6 Å². The van der Waals surface area contributed by atoms with E-state index in [1.807, 2.05) is 24.3 Å². The van der Waals surface area contributed by atoms with Crippen molar-refractivity contribution in [3.63, 3.8) is 0 Å². The Labute approximate surface area is 150 Å². The highest BCUT2D eigenvalue weighted by molar-refractivity contribution is 5.80. The highest BCUT2D eigenvalue weighted by Crippen LogP contribution is 2.52. The van der Waals surface area contributed by atoms with Gasteiger partial charge in [-0.15, -0.1) is 0 Å². The van der Waals surface area contributed by atoms with Crippen LogP contribution in [0.15, 0.2) is 29.3 Å². The lowest BCUT2D eigenvalue weighted by atomic mass is 9.57. The van der Waals surface area contributed by atoms with Gasteiger partial charge in [-0.1, -0.05) is 38.1 Å². The molecule has 1 aliphatic heterocycles. The van der Waals surface area contributed by atoms with Crippen molar-refractivity contribution < 1.29 is 9.84 Å². The molecule has 3 rings (SSSR count). The second-order valence-electron chi connectivity index (χ2n) is 7.80. The molecule has 1 aromatic carbocycles. The summed E-state index contributed by atoms with van der Waals surface area (Å²) in [6.45, 7) is 10.7. The average Bonchev–Trinajstić information content (AvgIpc) is 3.04. The molecule has 1 saturated carbocycles. The average molecular weight is 345 g/mol. The van der Waals surface area contributed by atoms with E-state index in [1.165, 1.54) is 0 Å². The summed E-state index contributed by atoms with van der Waals surface area (Å²) in [5.41, 5.74) is 2.20. The number of benzene rings is 1. The van der Waals surface area contributed by atoms with Gasteiger partial charge >= 0.3 is 0 Å². The quantitative estimate of drug-likeness (QED) is 0.567. The number of rotatable bonds is 5. The van der Waals surface area contributed by atoms with E-state index in [0.29, 0.717) is 24.6 Å². The van der Waals surface area contributed by atoms with Crippen LogP contribution in [0.1, 0.15) is 51.3 Å². The van der Waals surface area contributed by atoms with E-state index in [9.17, 15) is 5.11 Å². The third kappa shape index (κ3) is 3.67. The Balaban J connectivity index is 1.65. The summed E-state index contributed by atoms with van der Waals surface area (Å²) in [6.07, 6.45) is 1.08. The van der Waals surface area contributed by atoms with Crippen LogP contribution in [-0.4, -0.2) is 36.4 Å². The molecule has 1 heterocycles. The highest BCUT2D eigenvalue weighted by Gasteiger charge is 2.59. The molecule has 1 aliphatic carbocycles. The van der Waals surface area contributed by atoms with Gasteiger partial charge in [0.25, 0.3) is 0 Å². The number of guanidine groups is 1. The van der Waals surface area contributed by atoms with E-state index >= 15 is 0 Å². The number of hydrogen-bond donors (Lipinski definition) is 3. The van der Waals surface area contributed by atoms with Crippen molar-refractivity contribution in [2.75, 3.05) is 13.2 Å². The molecule has 5 heteroatoms. The standard InChI is InChI=1S/C20H31N3O2/c1-5-21-19(22-12-14-6-8-15(9-7-14)13(2)24)23-17-16-10-11-25-18(16)20(17,3)4/h6-9,13,16-18,24H,5,10-12H2,1-4H3,(H2,21,22,23). The second-order valence-corrected chi connectivity index (χ2v) is 7.80. The Hall–Kier alpha value is -1.59. The maximum absolute atomic E-state index is 9.60. The van der Waals surface area contributed by atoms with Crippen LogP contribution in [0, 0.1) is 11.3 Å². The third-order valence-electron chi connectivity index (χ3n) is 5.62. The van der Waals surface area contributed by atoms with E-state index in [0.717, 1.165) is 36.7 Å². The summed E-state index contributed by atoms with van der Waals surface area (Å²) < 4.78 is 5.88. The summed E-state index contributed by atoms with van der Waals surface area (Å²) in [7, 11) is 0. The van der Waals surface area contributed by atoms with Crippen molar-refractivity contribution in [3.05, 3.63) is 35.4 Å². The SMILES string of the molecule is CCNC(=NCc1ccc(C(C)O)cc1)NC1C2CCOC2C1(C)C. The van der Waals surface area contributed by atoms with Crippen molar-refractivity contribution in [2.24, 2.45) is 16.3 Å². The Kier molecular flexibility index (Phi) is 5.35. The summed E-state index contributed by atoms with van der Waals surface area (Å²) in [6, 6.07) is 8.39. The van der Waals surface area contributed by atoms with Crippen LogP contribution in [0.2, 0.25) is 0 Å². The number of aliphatic hydroxyl groups is 1. The summed E-state index contributed by atoms with van der Waals surface area (Å²) in [5, 5.41) is 16.6. The maximum Gasteiger partial charge on any atom is 0.191 e. The third-order valence-corrected chi connectivity index (χ3v) is 5.62. The first-order valence-corrected chi connectivity index (χ1v) is 9.36. The molecule has 2 aliphatic rings. The van der Waals surface area contributed by atoms with Gasteiger partial charge in [0, 0.05) is 30.5 Å². The topological polar surface area (TPSA) is 65.9 Å². The molecule has 0 spiro atoms. The van der Waals surface area contributed by atoms with E-state index in [-0.39, 0.29) is 5.41 Å². The lowest BCUT2D eigenvalue weighted by molar-refractivity contribution is -0.106. The number of nitrogens with zero attached hydrogens (tertiary/aromatic N) is 1. The summed E-state index contributed by atoms with van der Waals surface area (Å²) in [4.78, 5) is 4.75. The number of hydrogen-bond acceptors (Lipinski definition) is 3. The zero-order valence-corrected chi connectivity index (χ0v) is 15.7. The van der Waals surface area contributed by atoms with Crippen LogP contribution in [-0.2, 0) is 11.3 Å². The van der Waals surface area contributed by atoms with Gasteiger partial charge in [-0.25, -0.2) is 4.99 Å². The fourth-order valence-electron chi connectivity index (χ4n) is 4.16. The molecular formula is C20H31N3O2. The first-order valence-electron chi connectivity index (χ1n) is 9.36. The lowest BCUT2D eigenvalue weighted by Gasteiger charge is -2.54. The van der Waals surface area contributed by atoms with Crippen LogP contribution in [0.5, 0.6) is 0 Å². The summed E-state index contributed by atoms with van der Waals surface area (Å²) >= 11 is 0. The van der Waals surface area contributed by atoms with Gasteiger partial charge in [0.1, 0.15) is 0 Å². The van der Waals surface area contributed by atoms with E-state index in [2.05, 4.69) is 31.4 Å². The maximum atomic E-state index is 9.60. The molecule has 4 unspecified atom stereocenters. The zero-order chi connectivity index (χ0) is 18.0. The van der Waals surface area contributed by atoms with Crippen molar-refractivity contribution in [3.8, 4) is 0 Å². The molecule has 25 heavy (non-hydrogen) atoms. The minimum atomic E-state index is -0.432. The molecule has 0 amide bonds. The van der Waals surface area contributed by atoms with Crippen LogP contribution in [0.3, 0.4) is 0 Å². The van der Waals surface area contributed by atoms with Gasteiger partial charge in [0.05, 0.1) is 18.8 Å². The molecule has 3 N–H and O–H groups in total. The monoisotopic (exact) mass is 345 g/mol. The smallest absolute Gasteiger partial charge is 0.191 e. The Bertz CT molecular complexity index is 610. The van der Waals surface area contributed by atoms with Gasteiger partial charge in [0.15, 0.2) is 5.96 Å². The van der Waals surface area contributed by atoms with Crippen LogP contribution < -0.4 is 10.6 Å². The van der Waals surface area contributed by atoms with Gasteiger partial charge in [0.2, 0.25) is 0 Å². The number of ether oxygens (including phenoxy) is 1. The molecule has 0 bridgehead atoms. The van der Waals surface area contributed by atoms with Crippen LogP contribution in [0.25, 0.3) is 0 Å². The highest BCUT2D eigenvalue weighted by atomic mass is 16.5. The van der Waals surface area contributed by atoms with Gasteiger partial charge in [-0.3, -0.25) is 0 Å². The number of aliphatic hydroxyl groups excluding tert-OH is 1. The first-order chi connectivity index (χ1) is 11.9. The van der Waals surface area contributed by atoms with Crippen molar-refractivity contribution >= 4 is 5.96 Å². The number of nitrogens with one attached hydrogen (secondary N) is 2. The molecule has 2 fully saturated rings. The second kappa shape index (κ2) is 7.34. The molecule has 5 nitrogen and oxygen atoms in total. The minimum Gasteiger partial charge on any atom is -0.389 e. The largest absolute Gasteiger partial charge is 0.389 e. The molecule has 0 aromatic heterocycles. The number of fused-ring (bicyclic) bond motifs is 1. The van der Waals surface area contributed by atoms with Gasteiger partial charge < -0.3 is 20.5 Å². The lowest BCUT2D eigenvalue weighted by Crippen LogP contribution is -2.67. The fraction of sp³-hybridized carbons (Fsp3) is 0.650. The molecule has 4 atom stereocenters. The minimum absolute atomic E-state index is 0.135.